The Kier molecular flexibility index (Phi) is 4.76. The van der Waals surface area contributed by atoms with Crippen LogP contribution in [0.15, 0.2) is 18.2 Å². The fourth-order valence-electron chi connectivity index (χ4n) is 1.29. The van der Waals surface area contributed by atoms with Crippen LogP contribution in [-0.2, 0) is 4.74 Å². The number of unbranched alkanes of at least 4 members (excludes halogenated alkanes) is 2. The molecular formula is C12H16FNO2. The number of hydrogen-bond acceptors (Lipinski definition) is 3. The number of carbonyl (C=O) groups is 1. The highest BCUT2D eigenvalue weighted by Gasteiger charge is 2.12. The number of rotatable bonds is 5. The van der Waals surface area contributed by atoms with Gasteiger partial charge in [-0.3, -0.25) is 0 Å². The lowest BCUT2D eigenvalue weighted by atomic mass is 10.2. The molecular weight excluding hydrogens is 209 g/mol. The number of halogens is 1. The summed E-state index contributed by atoms with van der Waals surface area (Å²) < 4.78 is 18.2. The molecule has 88 valence electrons. The molecule has 0 amide bonds. The van der Waals surface area contributed by atoms with Gasteiger partial charge in [0.05, 0.1) is 12.2 Å². The number of hydrogen-bond donors (Lipinski definition) is 1. The summed E-state index contributed by atoms with van der Waals surface area (Å²) in [6.45, 7) is 2.39. The van der Waals surface area contributed by atoms with Gasteiger partial charge in [-0.25, -0.2) is 9.18 Å². The first-order valence-corrected chi connectivity index (χ1v) is 5.37. The normalized spacial score (nSPS) is 10.1. The van der Waals surface area contributed by atoms with Crippen LogP contribution in [0.1, 0.15) is 36.5 Å². The van der Waals surface area contributed by atoms with Gasteiger partial charge in [-0.2, -0.15) is 0 Å². The van der Waals surface area contributed by atoms with Crippen molar-refractivity contribution in [2.75, 3.05) is 12.3 Å². The maximum atomic E-state index is 13.3. The average Bonchev–Trinajstić information content (AvgIpc) is 2.24. The second-order valence-electron chi connectivity index (χ2n) is 3.58. The molecule has 0 aromatic heterocycles. The van der Waals surface area contributed by atoms with E-state index in [1.165, 1.54) is 12.1 Å². The lowest BCUT2D eigenvalue weighted by Crippen LogP contribution is -2.09. The third-order valence-electron chi connectivity index (χ3n) is 2.19. The van der Waals surface area contributed by atoms with Gasteiger partial charge in [-0.1, -0.05) is 19.8 Å². The van der Waals surface area contributed by atoms with Crippen LogP contribution in [0.2, 0.25) is 0 Å². The molecule has 0 saturated carbocycles. The van der Waals surface area contributed by atoms with Crippen LogP contribution >= 0.6 is 0 Å². The molecule has 3 nitrogen and oxygen atoms in total. The van der Waals surface area contributed by atoms with Crippen LogP contribution < -0.4 is 5.73 Å². The first kappa shape index (κ1) is 12.5. The Bertz CT molecular complexity index is 366. The van der Waals surface area contributed by atoms with E-state index in [0.717, 1.165) is 25.3 Å². The Morgan fingerprint density at radius 2 is 2.19 bits per heavy atom. The van der Waals surface area contributed by atoms with Crippen molar-refractivity contribution in [2.45, 2.75) is 26.2 Å². The van der Waals surface area contributed by atoms with E-state index in [9.17, 15) is 9.18 Å². The zero-order chi connectivity index (χ0) is 12.0. The predicted octanol–water partition coefficient (Wildman–Crippen LogP) is 2.75. The van der Waals surface area contributed by atoms with Crippen molar-refractivity contribution in [1.82, 2.24) is 0 Å². The molecule has 0 spiro atoms. The third-order valence-corrected chi connectivity index (χ3v) is 2.19. The molecule has 0 atom stereocenters. The van der Waals surface area contributed by atoms with E-state index in [1.807, 2.05) is 0 Å². The van der Waals surface area contributed by atoms with Gasteiger partial charge in [0.1, 0.15) is 5.82 Å². The van der Waals surface area contributed by atoms with Crippen molar-refractivity contribution in [3.63, 3.8) is 0 Å². The second-order valence-corrected chi connectivity index (χ2v) is 3.58. The molecule has 1 aromatic carbocycles. The number of esters is 1. The first-order valence-electron chi connectivity index (χ1n) is 5.37. The summed E-state index contributed by atoms with van der Waals surface area (Å²) in [5, 5.41) is 0. The minimum atomic E-state index is -0.638. The van der Waals surface area contributed by atoms with Crippen molar-refractivity contribution in [2.24, 2.45) is 0 Å². The molecule has 0 radical (unpaired) electrons. The van der Waals surface area contributed by atoms with Gasteiger partial charge < -0.3 is 10.5 Å². The highest BCUT2D eigenvalue weighted by Crippen LogP contribution is 2.13. The van der Waals surface area contributed by atoms with Gasteiger partial charge in [0, 0.05) is 5.69 Å². The maximum Gasteiger partial charge on any atom is 0.341 e. The van der Waals surface area contributed by atoms with E-state index < -0.39 is 11.8 Å². The van der Waals surface area contributed by atoms with Crippen molar-refractivity contribution < 1.29 is 13.9 Å². The molecule has 0 fully saturated rings. The lowest BCUT2D eigenvalue weighted by molar-refractivity contribution is 0.0493. The molecule has 16 heavy (non-hydrogen) atoms. The van der Waals surface area contributed by atoms with Crippen LogP contribution in [0.4, 0.5) is 10.1 Å². The second kappa shape index (κ2) is 6.10. The Hall–Kier alpha value is -1.58. The first-order chi connectivity index (χ1) is 7.65. The van der Waals surface area contributed by atoms with E-state index in [-0.39, 0.29) is 5.56 Å². The zero-order valence-electron chi connectivity index (χ0n) is 9.33. The van der Waals surface area contributed by atoms with Crippen molar-refractivity contribution in [1.29, 1.82) is 0 Å². The zero-order valence-corrected chi connectivity index (χ0v) is 9.33. The van der Waals surface area contributed by atoms with Crippen LogP contribution in [0.3, 0.4) is 0 Å². The fourth-order valence-corrected chi connectivity index (χ4v) is 1.29. The lowest BCUT2D eigenvalue weighted by Gasteiger charge is -2.05. The Balaban J connectivity index is 2.53. The quantitative estimate of drug-likeness (QED) is 0.476. The summed E-state index contributed by atoms with van der Waals surface area (Å²) in [5.41, 5.74) is 5.60. The molecule has 4 heteroatoms. The Labute approximate surface area is 94.4 Å². The monoisotopic (exact) mass is 225 g/mol. The molecule has 0 aliphatic carbocycles. The maximum absolute atomic E-state index is 13.3. The van der Waals surface area contributed by atoms with E-state index >= 15 is 0 Å². The highest BCUT2D eigenvalue weighted by atomic mass is 19.1. The van der Waals surface area contributed by atoms with Gasteiger partial charge in [-0.15, -0.1) is 0 Å². The summed E-state index contributed by atoms with van der Waals surface area (Å²) in [4.78, 5) is 11.4. The number of ether oxygens (including phenoxy) is 1. The fraction of sp³-hybridized carbons (Fsp3) is 0.417. The summed E-state index contributed by atoms with van der Waals surface area (Å²) in [5.74, 6) is -1.27. The van der Waals surface area contributed by atoms with Crippen LogP contribution in [-0.4, -0.2) is 12.6 Å². The Morgan fingerprint density at radius 1 is 1.44 bits per heavy atom. The van der Waals surface area contributed by atoms with Gasteiger partial charge in [-0.05, 0) is 24.6 Å². The third kappa shape index (κ3) is 3.53. The molecule has 0 aliphatic rings. The van der Waals surface area contributed by atoms with Crippen LogP contribution in [0.5, 0.6) is 0 Å². The van der Waals surface area contributed by atoms with Gasteiger partial charge in [0.15, 0.2) is 0 Å². The van der Waals surface area contributed by atoms with Crippen LogP contribution in [0, 0.1) is 5.82 Å². The standard InChI is InChI=1S/C12H16FNO2/c1-2-3-4-7-16-12(15)10-6-5-9(14)8-11(10)13/h5-6,8H,2-4,7,14H2,1H3. The smallest absolute Gasteiger partial charge is 0.341 e. The Morgan fingerprint density at radius 3 is 2.81 bits per heavy atom. The number of nitrogens with two attached hydrogens (primary N) is 1. The molecule has 0 saturated heterocycles. The van der Waals surface area contributed by atoms with E-state index in [1.54, 1.807) is 0 Å². The van der Waals surface area contributed by atoms with Crippen molar-refractivity contribution >= 4 is 11.7 Å². The minimum Gasteiger partial charge on any atom is -0.462 e. The number of carbonyl (C=O) groups excluding carboxylic acids is 1. The molecule has 0 bridgehead atoms. The average molecular weight is 225 g/mol. The molecule has 0 heterocycles. The van der Waals surface area contributed by atoms with E-state index in [2.05, 4.69) is 6.92 Å². The highest BCUT2D eigenvalue weighted by molar-refractivity contribution is 5.90. The number of nitrogen functional groups attached to an aromatic ring is 1. The van der Waals surface area contributed by atoms with E-state index in [4.69, 9.17) is 10.5 Å². The molecule has 0 aliphatic heterocycles. The molecule has 1 aromatic rings. The molecule has 1 rings (SSSR count). The molecule has 2 N–H and O–H groups in total. The minimum absolute atomic E-state index is 0.0642. The SMILES string of the molecule is CCCCCOC(=O)c1ccc(N)cc1F. The van der Waals surface area contributed by atoms with Gasteiger partial charge >= 0.3 is 5.97 Å². The van der Waals surface area contributed by atoms with Crippen LogP contribution in [0.25, 0.3) is 0 Å². The summed E-state index contributed by atoms with van der Waals surface area (Å²) in [6.07, 6.45) is 2.85. The predicted molar refractivity (Wildman–Crippen MR) is 60.6 cm³/mol. The van der Waals surface area contributed by atoms with Gasteiger partial charge in [0.2, 0.25) is 0 Å². The van der Waals surface area contributed by atoms with Gasteiger partial charge in [0.25, 0.3) is 0 Å². The summed E-state index contributed by atoms with van der Waals surface area (Å²) in [7, 11) is 0. The topological polar surface area (TPSA) is 52.3 Å². The molecule has 0 unspecified atom stereocenters. The summed E-state index contributed by atoms with van der Waals surface area (Å²) >= 11 is 0. The van der Waals surface area contributed by atoms with Crippen molar-refractivity contribution in [3.05, 3.63) is 29.6 Å². The number of benzene rings is 1. The van der Waals surface area contributed by atoms with E-state index in [0.29, 0.717) is 12.3 Å². The number of anilines is 1. The van der Waals surface area contributed by atoms with Crippen molar-refractivity contribution in [3.8, 4) is 0 Å². The largest absolute Gasteiger partial charge is 0.462 e. The summed E-state index contributed by atoms with van der Waals surface area (Å²) in [6, 6.07) is 3.93.